The highest BCUT2D eigenvalue weighted by atomic mass is 79.9. The molecule has 1 aromatic heterocycles. The molecule has 0 aliphatic carbocycles. The lowest BCUT2D eigenvalue weighted by molar-refractivity contribution is -0.119. The van der Waals surface area contributed by atoms with Crippen LogP contribution in [0, 0.1) is 0 Å². The fraction of sp³-hybridized carbons (Fsp3) is 0.222. The van der Waals surface area contributed by atoms with E-state index in [4.69, 9.17) is 0 Å². The van der Waals surface area contributed by atoms with Crippen molar-refractivity contribution in [3.8, 4) is 0 Å². The van der Waals surface area contributed by atoms with Crippen molar-refractivity contribution < 1.29 is 13.6 Å². The van der Waals surface area contributed by atoms with Crippen LogP contribution in [-0.4, -0.2) is 21.2 Å². The summed E-state index contributed by atoms with van der Waals surface area (Å²) in [4.78, 5) is 17.4. The van der Waals surface area contributed by atoms with Gasteiger partial charge in [-0.15, -0.1) is 11.8 Å². The summed E-state index contributed by atoms with van der Waals surface area (Å²) in [6.07, 6.45) is 0. The number of halogens is 3. The van der Waals surface area contributed by atoms with Gasteiger partial charge in [-0.3, -0.25) is 9.36 Å². The number of fused-ring (bicyclic) bond motifs is 1. The molecule has 136 valence electrons. The first-order valence-corrected chi connectivity index (χ1v) is 9.66. The molecule has 1 amide bonds. The van der Waals surface area contributed by atoms with Gasteiger partial charge in [0.05, 0.1) is 22.8 Å². The maximum absolute atomic E-state index is 13.5. The van der Waals surface area contributed by atoms with Crippen LogP contribution < -0.4 is 5.32 Å². The van der Waals surface area contributed by atoms with Gasteiger partial charge in [-0.2, -0.15) is 8.78 Å². The summed E-state index contributed by atoms with van der Waals surface area (Å²) >= 11 is 4.74. The molecule has 0 saturated carbocycles. The van der Waals surface area contributed by atoms with E-state index in [2.05, 4.69) is 26.2 Å². The van der Waals surface area contributed by atoms with Crippen LogP contribution in [0.1, 0.15) is 25.3 Å². The van der Waals surface area contributed by atoms with Crippen LogP contribution in [0.2, 0.25) is 0 Å². The molecule has 1 heterocycles. The van der Waals surface area contributed by atoms with Crippen molar-refractivity contribution in [2.45, 2.75) is 24.4 Å². The number of hydrogen-bond acceptors (Lipinski definition) is 3. The summed E-state index contributed by atoms with van der Waals surface area (Å²) in [6, 6.07) is 13.7. The van der Waals surface area contributed by atoms with Gasteiger partial charge in [-0.25, -0.2) is 4.98 Å². The summed E-state index contributed by atoms with van der Waals surface area (Å²) < 4.78 is 28.8. The van der Waals surface area contributed by atoms with Crippen molar-refractivity contribution in [2.24, 2.45) is 0 Å². The Balaban J connectivity index is 1.70. The molecular weight excluding hydrogens is 424 g/mol. The number of nitrogens with zero attached hydrogens (tertiary/aromatic N) is 2. The Hall–Kier alpha value is -1.93. The lowest BCUT2D eigenvalue weighted by Gasteiger charge is -2.15. The van der Waals surface area contributed by atoms with E-state index in [-0.39, 0.29) is 17.5 Å². The Morgan fingerprint density at radius 2 is 1.92 bits per heavy atom. The molecule has 0 aliphatic heterocycles. The van der Waals surface area contributed by atoms with Crippen molar-refractivity contribution in [3.05, 3.63) is 58.8 Å². The van der Waals surface area contributed by atoms with Gasteiger partial charge in [-0.05, 0) is 43.3 Å². The molecule has 0 saturated heterocycles. The number of aromatic nitrogens is 2. The lowest BCUT2D eigenvalue weighted by atomic mass is 10.3. The maximum Gasteiger partial charge on any atom is 0.320 e. The smallest absolute Gasteiger partial charge is 0.320 e. The number of imidazole rings is 1. The first kappa shape index (κ1) is 18.8. The monoisotopic (exact) mass is 439 g/mol. The molecule has 2 aromatic carbocycles. The lowest BCUT2D eigenvalue weighted by Crippen LogP contribution is -2.30. The molecule has 26 heavy (non-hydrogen) atoms. The molecule has 1 N–H and O–H groups in total. The van der Waals surface area contributed by atoms with Crippen LogP contribution in [0.4, 0.5) is 8.78 Å². The summed E-state index contributed by atoms with van der Waals surface area (Å²) in [5.41, 5.74) is 0.830. The third kappa shape index (κ3) is 4.24. The Morgan fingerprint density at radius 3 is 2.62 bits per heavy atom. The molecule has 3 rings (SSSR count). The van der Waals surface area contributed by atoms with Gasteiger partial charge in [-0.1, -0.05) is 28.1 Å². The van der Waals surface area contributed by atoms with Crippen molar-refractivity contribution in [1.29, 1.82) is 0 Å². The van der Waals surface area contributed by atoms with Crippen LogP contribution in [0.25, 0.3) is 11.0 Å². The fourth-order valence-corrected chi connectivity index (χ4v) is 3.58. The summed E-state index contributed by atoms with van der Waals surface area (Å²) in [6.45, 7) is -1.07. The number of rotatable bonds is 6. The van der Waals surface area contributed by atoms with Gasteiger partial charge in [0.2, 0.25) is 5.91 Å². The molecule has 0 spiro atoms. The maximum atomic E-state index is 13.5. The Bertz CT molecular complexity index is 914. The van der Waals surface area contributed by atoms with E-state index in [9.17, 15) is 13.6 Å². The van der Waals surface area contributed by atoms with Crippen LogP contribution in [0.5, 0.6) is 0 Å². The minimum absolute atomic E-state index is 0.142. The Kier molecular flexibility index (Phi) is 5.93. The molecule has 3 aromatic rings. The fourth-order valence-electron chi connectivity index (χ4n) is 2.60. The minimum atomic E-state index is -2.73. The number of para-hydroxylation sites is 2. The molecular formula is C18H16BrF2N3OS. The van der Waals surface area contributed by atoms with Crippen molar-refractivity contribution in [2.75, 3.05) is 5.75 Å². The highest BCUT2D eigenvalue weighted by molar-refractivity contribution is 9.10. The van der Waals surface area contributed by atoms with Gasteiger partial charge < -0.3 is 5.32 Å². The van der Waals surface area contributed by atoms with Crippen molar-refractivity contribution in [1.82, 2.24) is 14.9 Å². The zero-order valence-corrected chi connectivity index (χ0v) is 16.2. The average Bonchev–Trinajstić information content (AvgIpc) is 3.01. The second kappa shape index (κ2) is 8.18. The van der Waals surface area contributed by atoms with Crippen LogP contribution in [0.15, 0.2) is 57.9 Å². The second-order valence-corrected chi connectivity index (χ2v) is 7.60. The first-order valence-electron chi connectivity index (χ1n) is 7.88. The number of nitrogens with one attached hydrogen (secondary N) is 1. The molecule has 4 nitrogen and oxygen atoms in total. The van der Waals surface area contributed by atoms with Crippen LogP contribution >= 0.6 is 27.7 Å². The number of carbonyl (C=O) groups excluding carboxylic acids is 1. The number of benzene rings is 2. The standard InChI is InChI=1S/C18H16BrF2N3OS/c1-11(22-16(25)10-26-13-8-6-12(19)7-9-13)17-23-14-4-2-3-5-15(14)24(17)18(20)21/h2-9,11,18H,10H2,1H3,(H,22,25). The SMILES string of the molecule is CC(NC(=O)CSc1ccc(Br)cc1)c1nc2ccccc2n1C(F)F. The van der Waals surface area contributed by atoms with Crippen LogP contribution in [-0.2, 0) is 4.79 Å². The van der Waals surface area contributed by atoms with E-state index in [1.54, 1.807) is 31.2 Å². The normalized spacial score (nSPS) is 12.5. The van der Waals surface area contributed by atoms with Gasteiger partial charge in [0.1, 0.15) is 5.82 Å². The van der Waals surface area contributed by atoms with E-state index in [1.807, 2.05) is 24.3 Å². The van der Waals surface area contributed by atoms with Gasteiger partial charge in [0.15, 0.2) is 0 Å². The Morgan fingerprint density at radius 1 is 1.23 bits per heavy atom. The number of alkyl halides is 2. The van der Waals surface area contributed by atoms with E-state index in [0.717, 1.165) is 13.9 Å². The molecule has 0 fully saturated rings. The molecule has 1 unspecified atom stereocenters. The number of carbonyl (C=O) groups is 1. The summed E-state index contributed by atoms with van der Waals surface area (Å²) in [5, 5.41) is 2.75. The largest absolute Gasteiger partial charge is 0.346 e. The summed E-state index contributed by atoms with van der Waals surface area (Å²) in [7, 11) is 0. The van der Waals surface area contributed by atoms with E-state index >= 15 is 0 Å². The predicted molar refractivity (Wildman–Crippen MR) is 102 cm³/mol. The molecule has 0 bridgehead atoms. The highest BCUT2D eigenvalue weighted by Gasteiger charge is 2.22. The van der Waals surface area contributed by atoms with E-state index in [1.165, 1.54) is 11.8 Å². The van der Waals surface area contributed by atoms with Gasteiger partial charge in [0, 0.05) is 9.37 Å². The summed E-state index contributed by atoms with van der Waals surface area (Å²) in [5.74, 6) is 0.0995. The molecule has 8 heteroatoms. The zero-order valence-electron chi connectivity index (χ0n) is 13.8. The first-order chi connectivity index (χ1) is 12.5. The average molecular weight is 440 g/mol. The molecule has 0 radical (unpaired) electrons. The van der Waals surface area contributed by atoms with E-state index in [0.29, 0.717) is 11.0 Å². The molecule has 1 atom stereocenters. The third-order valence-corrected chi connectivity index (χ3v) is 5.31. The highest BCUT2D eigenvalue weighted by Crippen LogP contribution is 2.27. The number of amides is 1. The van der Waals surface area contributed by atoms with Crippen LogP contribution in [0.3, 0.4) is 0 Å². The van der Waals surface area contributed by atoms with Gasteiger partial charge >= 0.3 is 6.55 Å². The topological polar surface area (TPSA) is 46.9 Å². The predicted octanol–water partition coefficient (Wildman–Crippen LogP) is 5.16. The molecule has 0 aliphatic rings. The number of thioether (sulfide) groups is 1. The second-order valence-electron chi connectivity index (χ2n) is 5.64. The van der Waals surface area contributed by atoms with Crippen molar-refractivity contribution >= 4 is 44.6 Å². The number of hydrogen-bond donors (Lipinski definition) is 1. The third-order valence-electron chi connectivity index (χ3n) is 3.77. The quantitative estimate of drug-likeness (QED) is 0.539. The van der Waals surface area contributed by atoms with Crippen molar-refractivity contribution in [3.63, 3.8) is 0 Å². The Labute approximate surface area is 162 Å². The van der Waals surface area contributed by atoms with E-state index < -0.39 is 12.6 Å². The zero-order chi connectivity index (χ0) is 18.7. The minimum Gasteiger partial charge on any atom is -0.346 e. The van der Waals surface area contributed by atoms with Gasteiger partial charge in [0.25, 0.3) is 0 Å².